The van der Waals surface area contributed by atoms with Crippen molar-refractivity contribution in [3.05, 3.63) is 46.6 Å². The van der Waals surface area contributed by atoms with E-state index >= 15 is 0 Å². The molecule has 2 aromatic rings. The van der Waals surface area contributed by atoms with Crippen LogP contribution >= 0.6 is 0 Å². The van der Waals surface area contributed by atoms with Crippen molar-refractivity contribution in [1.29, 1.82) is 5.26 Å². The molecule has 1 aliphatic carbocycles. The molecule has 24 heavy (non-hydrogen) atoms. The summed E-state index contributed by atoms with van der Waals surface area (Å²) < 4.78 is 4.73. The molecule has 1 aromatic heterocycles. The van der Waals surface area contributed by atoms with Gasteiger partial charge in [-0.25, -0.2) is 9.78 Å². The minimum Gasteiger partial charge on any atom is -0.465 e. The number of H-pyrrole nitrogens is 1. The Balaban J connectivity index is 2.18. The number of pyridine rings is 1. The maximum atomic E-state index is 11.6. The number of carbonyl (C=O) groups is 1. The predicted octanol–water partition coefficient (Wildman–Crippen LogP) is 2.53. The molecule has 122 valence electrons. The number of aryl methyl sites for hydroxylation is 1. The predicted molar refractivity (Wildman–Crippen MR) is 90.1 cm³/mol. The number of esters is 1. The molecule has 3 rings (SSSR count). The van der Waals surface area contributed by atoms with E-state index in [-0.39, 0.29) is 5.97 Å². The third kappa shape index (κ3) is 2.71. The van der Waals surface area contributed by atoms with E-state index in [0.717, 1.165) is 41.6 Å². The Morgan fingerprint density at radius 1 is 1.38 bits per heavy atom. The van der Waals surface area contributed by atoms with E-state index in [1.54, 1.807) is 12.1 Å². The van der Waals surface area contributed by atoms with Gasteiger partial charge >= 0.3 is 5.97 Å². The molecular weight excluding hydrogens is 302 g/mol. The summed E-state index contributed by atoms with van der Waals surface area (Å²) in [6, 6.07) is 9.36. The van der Waals surface area contributed by atoms with Crippen LogP contribution in [0.2, 0.25) is 0 Å². The Labute approximate surface area is 141 Å². The molecule has 3 N–H and O–H groups in total. The molecule has 1 aromatic carbocycles. The molecule has 1 aliphatic rings. The zero-order valence-electron chi connectivity index (χ0n) is 13.8. The highest BCUT2D eigenvalue weighted by Crippen LogP contribution is 2.35. The first-order valence-corrected chi connectivity index (χ1v) is 8.00. The van der Waals surface area contributed by atoms with Crippen LogP contribution < -0.4 is 10.7 Å². The Hall–Kier alpha value is -2.87. The van der Waals surface area contributed by atoms with Gasteiger partial charge in [0.2, 0.25) is 0 Å². The fourth-order valence-electron chi connectivity index (χ4n) is 3.34. The number of aromatic nitrogens is 1. The summed E-state index contributed by atoms with van der Waals surface area (Å²) in [5.74, 6) is 0.589. The molecule has 0 unspecified atom stereocenters. The van der Waals surface area contributed by atoms with Crippen molar-refractivity contribution in [2.24, 2.45) is 5.92 Å². The van der Waals surface area contributed by atoms with E-state index < -0.39 is 0 Å². The van der Waals surface area contributed by atoms with Crippen LogP contribution in [-0.4, -0.2) is 13.1 Å². The zero-order valence-corrected chi connectivity index (χ0v) is 13.8. The van der Waals surface area contributed by atoms with Gasteiger partial charge in [0.1, 0.15) is 17.3 Å². The first kappa shape index (κ1) is 16.0. The second-order valence-electron chi connectivity index (χ2n) is 6.27. The number of hydrogen-bond donors (Lipinski definition) is 1. The first-order chi connectivity index (χ1) is 11.5. The van der Waals surface area contributed by atoms with Crippen LogP contribution in [0.3, 0.4) is 0 Å². The van der Waals surface area contributed by atoms with Crippen molar-refractivity contribution < 1.29 is 14.5 Å². The van der Waals surface area contributed by atoms with Gasteiger partial charge in [-0.2, -0.15) is 5.26 Å². The lowest BCUT2D eigenvalue weighted by Gasteiger charge is -2.23. The first-order valence-electron chi connectivity index (χ1n) is 8.00. The topological polar surface area (TPSA) is 90.2 Å². The number of hydrogen-bond acceptors (Lipinski definition) is 4. The van der Waals surface area contributed by atoms with Crippen LogP contribution in [0.15, 0.2) is 24.3 Å². The number of nitrogens with one attached hydrogen (secondary N) is 1. The molecule has 0 fully saturated rings. The molecule has 0 saturated carbocycles. The van der Waals surface area contributed by atoms with Gasteiger partial charge in [0.25, 0.3) is 5.82 Å². The van der Waals surface area contributed by atoms with Gasteiger partial charge in [0.15, 0.2) is 0 Å². The number of methoxy groups -OCH3 is 1. The third-order valence-electron chi connectivity index (χ3n) is 4.62. The van der Waals surface area contributed by atoms with Crippen LogP contribution in [0.25, 0.3) is 11.1 Å². The Morgan fingerprint density at radius 2 is 2.08 bits per heavy atom. The summed E-state index contributed by atoms with van der Waals surface area (Å²) in [5, 5.41) is 9.58. The Bertz CT molecular complexity index is 835. The Kier molecular flexibility index (Phi) is 4.22. The number of ether oxygens (including phenoxy) is 1. The largest absolute Gasteiger partial charge is 0.465 e. The van der Waals surface area contributed by atoms with Crippen molar-refractivity contribution in [3.63, 3.8) is 0 Å². The number of anilines is 1. The summed E-state index contributed by atoms with van der Waals surface area (Å²) >= 11 is 0. The standard InChI is InChI=1S/C19H19N3O2/c1-11-3-8-16-14(9-11)17(15(10-20)18(21)22-16)12-4-6-13(7-5-12)19(23)24-2/h4-7,11H,3,8-9H2,1-2H3,(H2,21,22)/p+1/t11-/m0/s1. The lowest BCUT2D eigenvalue weighted by Crippen LogP contribution is -2.27. The number of nitrogen functional groups attached to an aromatic ring is 1. The van der Waals surface area contributed by atoms with Crippen LogP contribution in [0.4, 0.5) is 5.82 Å². The van der Waals surface area contributed by atoms with Crippen molar-refractivity contribution >= 4 is 11.8 Å². The summed E-state index contributed by atoms with van der Waals surface area (Å²) in [6.07, 6.45) is 2.95. The number of aromatic amines is 1. The van der Waals surface area contributed by atoms with Crippen molar-refractivity contribution in [1.82, 2.24) is 0 Å². The average molecular weight is 322 g/mol. The van der Waals surface area contributed by atoms with Crippen molar-refractivity contribution in [2.45, 2.75) is 26.2 Å². The fourth-order valence-corrected chi connectivity index (χ4v) is 3.34. The van der Waals surface area contributed by atoms with Crippen LogP contribution in [0.1, 0.15) is 40.5 Å². The maximum absolute atomic E-state index is 11.6. The highest BCUT2D eigenvalue weighted by molar-refractivity contribution is 5.90. The molecule has 1 atom stereocenters. The molecule has 0 radical (unpaired) electrons. The minimum absolute atomic E-state index is 0.376. The number of benzene rings is 1. The number of nitriles is 1. The highest BCUT2D eigenvalue weighted by Gasteiger charge is 2.27. The van der Waals surface area contributed by atoms with Crippen LogP contribution in [0.5, 0.6) is 0 Å². The van der Waals surface area contributed by atoms with E-state index in [1.807, 2.05) is 12.1 Å². The quantitative estimate of drug-likeness (QED) is 0.860. The molecular formula is C19H20N3O2+. The average Bonchev–Trinajstić information content (AvgIpc) is 2.60. The van der Waals surface area contributed by atoms with Gasteiger partial charge in [-0.05, 0) is 36.5 Å². The van der Waals surface area contributed by atoms with Crippen molar-refractivity contribution in [2.75, 3.05) is 12.8 Å². The van der Waals surface area contributed by atoms with Crippen molar-refractivity contribution in [3.8, 4) is 17.2 Å². The SMILES string of the molecule is COC(=O)c1ccc(-c2c(C#N)c(N)[nH+]c3c2C[C@@H](C)CC3)cc1. The summed E-state index contributed by atoms with van der Waals surface area (Å²) in [4.78, 5) is 14.8. The lowest BCUT2D eigenvalue weighted by atomic mass is 9.82. The van der Waals surface area contributed by atoms with Crippen LogP contribution in [0, 0.1) is 17.2 Å². The van der Waals surface area contributed by atoms with Crippen LogP contribution in [-0.2, 0) is 17.6 Å². The second-order valence-corrected chi connectivity index (χ2v) is 6.27. The minimum atomic E-state index is -0.376. The van der Waals surface area contributed by atoms with E-state index in [9.17, 15) is 10.1 Å². The summed E-state index contributed by atoms with van der Waals surface area (Å²) in [7, 11) is 1.36. The van der Waals surface area contributed by atoms with E-state index in [1.165, 1.54) is 7.11 Å². The molecule has 0 aliphatic heterocycles. The molecule has 0 spiro atoms. The molecule has 5 heteroatoms. The van der Waals surface area contributed by atoms with E-state index in [2.05, 4.69) is 18.0 Å². The number of fused-ring (bicyclic) bond motifs is 1. The summed E-state index contributed by atoms with van der Waals surface area (Å²) in [6.45, 7) is 2.22. The van der Waals surface area contributed by atoms with Gasteiger partial charge in [-0.3, -0.25) is 5.73 Å². The van der Waals surface area contributed by atoms with Gasteiger partial charge in [-0.1, -0.05) is 19.1 Å². The molecule has 1 heterocycles. The van der Waals surface area contributed by atoms with E-state index in [4.69, 9.17) is 10.5 Å². The summed E-state index contributed by atoms with van der Waals surface area (Å²) in [5.41, 5.74) is 11.1. The lowest BCUT2D eigenvalue weighted by molar-refractivity contribution is -0.375. The maximum Gasteiger partial charge on any atom is 0.337 e. The number of nitrogens with two attached hydrogens (primary N) is 1. The van der Waals surface area contributed by atoms with Gasteiger partial charge in [-0.15, -0.1) is 0 Å². The Morgan fingerprint density at radius 3 is 2.71 bits per heavy atom. The van der Waals surface area contributed by atoms with E-state index in [0.29, 0.717) is 22.9 Å². The molecule has 0 amide bonds. The second kappa shape index (κ2) is 6.32. The number of rotatable bonds is 2. The van der Waals surface area contributed by atoms with Gasteiger partial charge in [0, 0.05) is 17.5 Å². The van der Waals surface area contributed by atoms with Gasteiger partial charge < -0.3 is 4.74 Å². The van der Waals surface area contributed by atoms with Gasteiger partial charge in [0.05, 0.1) is 12.7 Å². The number of nitrogens with zero attached hydrogens (tertiary/aromatic N) is 1. The molecule has 0 bridgehead atoms. The number of carbonyl (C=O) groups excluding carboxylic acids is 1. The fraction of sp³-hybridized carbons (Fsp3) is 0.316. The smallest absolute Gasteiger partial charge is 0.337 e. The highest BCUT2D eigenvalue weighted by atomic mass is 16.5. The zero-order chi connectivity index (χ0) is 17.3. The molecule has 5 nitrogen and oxygen atoms in total. The normalized spacial score (nSPS) is 16.1. The molecule has 0 saturated heterocycles. The third-order valence-corrected chi connectivity index (χ3v) is 4.62. The monoisotopic (exact) mass is 322 g/mol.